The number of hydrogen-bond donors (Lipinski definition) is 0. The zero-order valence-corrected chi connectivity index (χ0v) is 16.0. The van der Waals surface area contributed by atoms with E-state index in [9.17, 15) is 4.79 Å². The third-order valence-corrected chi connectivity index (χ3v) is 4.79. The number of rotatable bonds is 3. The number of aromatic nitrogens is 1. The van der Waals surface area contributed by atoms with Crippen molar-refractivity contribution < 1.29 is 0 Å². The van der Waals surface area contributed by atoms with Crippen LogP contribution >= 0.6 is 11.6 Å². The van der Waals surface area contributed by atoms with Crippen LogP contribution in [0.1, 0.15) is 16.7 Å². The van der Waals surface area contributed by atoms with Gasteiger partial charge in [-0.05, 0) is 46.2 Å². The third kappa shape index (κ3) is 4.34. The Balaban J connectivity index is 1.61. The molecule has 0 aliphatic rings. The van der Waals surface area contributed by atoms with Crippen molar-refractivity contribution in [3.05, 3.63) is 117 Å². The molecule has 136 valence electrons. The van der Waals surface area contributed by atoms with Crippen LogP contribution in [-0.2, 0) is 13.0 Å². The van der Waals surface area contributed by atoms with Crippen LogP contribution < -0.4 is 5.56 Å². The fourth-order valence-corrected chi connectivity index (χ4v) is 3.36. The van der Waals surface area contributed by atoms with E-state index in [1.807, 2.05) is 66.9 Å². The molecule has 0 N–H and O–H groups in total. The summed E-state index contributed by atoms with van der Waals surface area (Å²) < 4.78 is 1.70. The van der Waals surface area contributed by atoms with Gasteiger partial charge in [0, 0.05) is 29.3 Å². The Labute approximate surface area is 169 Å². The Bertz CT molecular complexity index is 1250. The highest BCUT2D eigenvalue weighted by atomic mass is 35.5. The highest BCUT2D eigenvalue weighted by molar-refractivity contribution is 6.30. The minimum atomic E-state index is -0.0320. The highest BCUT2D eigenvalue weighted by Crippen LogP contribution is 2.16. The number of benzene rings is 3. The van der Waals surface area contributed by atoms with Crippen molar-refractivity contribution in [1.29, 1.82) is 0 Å². The van der Waals surface area contributed by atoms with Crippen molar-refractivity contribution >= 4 is 22.4 Å². The molecule has 4 aromatic rings. The molecule has 4 rings (SSSR count). The molecule has 0 aliphatic carbocycles. The van der Waals surface area contributed by atoms with E-state index in [-0.39, 0.29) is 5.56 Å². The summed E-state index contributed by atoms with van der Waals surface area (Å²) in [6.45, 7) is 0.485. The van der Waals surface area contributed by atoms with Gasteiger partial charge in [0.25, 0.3) is 5.56 Å². The molecule has 0 atom stereocenters. The second kappa shape index (κ2) is 8.17. The molecule has 0 unspecified atom stereocenters. The summed E-state index contributed by atoms with van der Waals surface area (Å²) in [5.74, 6) is 6.44. The van der Waals surface area contributed by atoms with Gasteiger partial charge in [0.15, 0.2) is 0 Å². The maximum atomic E-state index is 12.4. The lowest BCUT2D eigenvalue weighted by Crippen LogP contribution is -2.19. The second-order valence-corrected chi connectivity index (χ2v) is 7.11. The SMILES string of the molecule is O=c1cc2ccc(C#CCc3ccccc3)cc2cn1Cc1cccc(Cl)c1. The lowest BCUT2D eigenvalue weighted by molar-refractivity contribution is 0.766. The van der Waals surface area contributed by atoms with E-state index in [1.54, 1.807) is 10.6 Å². The number of pyridine rings is 1. The van der Waals surface area contributed by atoms with E-state index < -0.39 is 0 Å². The van der Waals surface area contributed by atoms with Gasteiger partial charge >= 0.3 is 0 Å². The zero-order valence-electron chi connectivity index (χ0n) is 15.2. The van der Waals surface area contributed by atoms with Crippen molar-refractivity contribution in [2.24, 2.45) is 0 Å². The maximum absolute atomic E-state index is 12.4. The van der Waals surface area contributed by atoms with Crippen LogP contribution in [0.5, 0.6) is 0 Å². The van der Waals surface area contributed by atoms with Crippen LogP contribution in [0.3, 0.4) is 0 Å². The van der Waals surface area contributed by atoms with Crippen LogP contribution in [0.2, 0.25) is 5.02 Å². The molecule has 0 amide bonds. The predicted molar refractivity (Wildman–Crippen MR) is 116 cm³/mol. The van der Waals surface area contributed by atoms with Gasteiger partial charge in [-0.25, -0.2) is 0 Å². The quantitative estimate of drug-likeness (QED) is 0.440. The largest absolute Gasteiger partial charge is 0.310 e. The van der Waals surface area contributed by atoms with E-state index >= 15 is 0 Å². The molecular formula is C25H18ClNO. The first kappa shape index (κ1) is 18.1. The Morgan fingerprint density at radius 2 is 1.64 bits per heavy atom. The van der Waals surface area contributed by atoms with Gasteiger partial charge in [0.1, 0.15) is 0 Å². The molecule has 3 heteroatoms. The summed E-state index contributed by atoms with van der Waals surface area (Å²) in [6, 6.07) is 25.4. The van der Waals surface area contributed by atoms with Crippen molar-refractivity contribution in [1.82, 2.24) is 4.57 Å². The third-order valence-electron chi connectivity index (χ3n) is 4.55. The van der Waals surface area contributed by atoms with Crippen molar-refractivity contribution in [3.8, 4) is 11.8 Å². The molecule has 2 nitrogen and oxygen atoms in total. The number of fused-ring (bicyclic) bond motifs is 1. The summed E-state index contributed by atoms with van der Waals surface area (Å²) in [4.78, 5) is 12.4. The number of hydrogen-bond acceptors (Lipinski definition) is 1. The molecule has 1 aromatic heterocycles. The first-order chi connectivity index (χ1) is 13.7. The molecule has 0 aliphatic heterocycles. The van der Waals surface area contributed by atoms with Crippen LogP contribution in [-0.4, -0.2) is 4.57 Å². The van der Waals surface area contributed by atoms with E-state index in [0.29, 0.717) is 18.0 Å². The number of halogens is 1. The van der Waals surface area contributed by atoms with Gasteiger partial charge in [-0.1, -0.05) is 72.0 Å². The van der Waals surface area contributed by atoms with Crippen LogP contribution in [0.25, 0.3) is 10.8 Å². The monoisotopic (exact) mass is 383 g/mol. The van der Waals surface area contributed by atoms with E-state index in [0.717, 1.165) is 21.9 Å². The molecular weight excluding hydrogens is 366 g/mol. The molecule has 1 heterocycles. The predicted octanol–water partition coefficient (Wildman–Crippen LogP) is 5.30. The van der Waals surface area contributed by atoms with Gasteiger partial charge in [0.05, 0.1) is 6.54 Å². The van der Waals surface area contributed by atoms with Gasteiger partial charge in [-0.2, -0.15) is 0 Å². The van der Waals surface area contributed by atoms with E-state index in [2.05, 4.69) is 24.0 Å². The summed E-state index contributed by atoms with van der Waals surface area (Å²) in [5, 5.41) is 2.58. The van der Waals surface area contributed by atoms with Crippen LogP contribution in [0, 0.1) is 11.8 Å². The summed E-state index contributed by atoms with van der Waals surface area (Å²) in [6.07, 6.45) is 2.61. The van der Waals surface area contributed by atoms with Crippen LogP contribution in [0.15, 0.2) is 89.9 Å². The first-order valence-corrected chi connectivity index (χ1v) is 9.47. The minimum Gasteiger partial charge on any atom is -0.310 e. The Kier molecular flexibility index (Phi) is 5.28. The van der Waals surface area contributed by atoms with Gasteiger partial charge in [-0.15, -0.1) is 0 Å². The Morgan fingerprint density at radius 1 is 0.821 bits per heavy atom. The standard InChI is InChI=1S/C25H18ClNO/c26-24-11-5-10-21(15-24)17-27-18-23-14-20(12-13-22(23)16-25(27)28)9-4-8-19-6-2-1-3-7-19/h1-3,5-7,10-16,18H,8,17H2. The smallest absolute Gasteiger partial charge is 0.251 e. The van der Waals surface area contributed by atoms with Crippen molar-refractivity contribution in [3.63, 3.8) is 0 Å². The Hall–Kier alpha value is -3.28. The minimum absolute atomic E-state index is 0.0320. The zero-order chi connectivity index (χ0) is 19.3. The molecule has 0 fully saturated rings. The lowest BCUT2D eigenvalue weighted by atomic mass is 10.1. The fraction of sp³-hybridized carbons (Fsp3) is 0.0800. The first-order valence-electron chi connectivity index (χ1n) is 9.09. The van der Waals surface area contributed by atoms with Crippen LogP contribution in [0.4, 0.5) is 0 Å². The molecule has 0 radical (unpaired) electrons. The molecule has 28 heavy (non-hydrogen) atoms. The molecule has 0 saturated heterocycles. The van der Waals surface area contributed by atoms with Crippen molar-refractivity contribution in [2.45, 2.75) is 13.0 Å². The summed E-state index contributed by atoms with van der Waals surface area (Å²) in [7, 11) is 0. The normalized spacial score (nSPS) is 10.5. The van der Waals surface area contributed by atoms with Gasteiger partial charge in [0.2, 0.25) is 0 Å². The second-order valence-electron chi connectivity index (χ2n) is 6.68. The fourth-order valence-electron chi connectivity index (χ4n) is 3.14. The topological polar surface area (TPSA) is 22.0 Å². The highest BCUT2D eigenvalue weighted by Gasteiger charge is 2.03. The lowest BCUT2D eigenvalue weighted by Gasteiger charge is -2.08. The molecule has 0 spiro atoms. The molecule has 0 saturated carbocycles. The number of nitrogens with zero attached hydrogens (tertiary/aromatic N) is 1. The van der Waals surface area contributed by atoms with Gasteiger partial charge in [-0.3, -0.25) is 4.79 Å². The van der Waals surface area contributed by atoms with Crippen molar-refractivity contribution in [2.75, 3.05) is 0 Å². The molecule has 3 aromatic carbocycles. The Morgan fingerprint density at radius 3 is 2.46 bits per heavy atom. The van der Waals surface area contributed by atoms with Gasteiger partial charge < -0.3 is 4.57 Å². The summed E-state index contributed by atoms with van der Waals surface area (Å²) in [5.41, 5.74) is 3.10. The summed E-state index contributed by atoms with van der Waals surface area (Å²) >= 11 is 6.06. The molecule has 0 bridgehead atoms. The van der Waals surface area contributed by atoms with E-state index in [1.165, 1.54) is 5.56 Å². The average Bonchev–Trinajstić information content (AvgIpc) is 2.70. The maximum Gasteiger partial charge on any atom is 0.251 e. The van der Waals surface area contributed by atoms with E-state index in [4.69, 9.17) is 11.6 Å². The average molecular weight is 384 g/mol.